The van der Waals surface area contributed by atoms with Crippen molar-refractivity contribution in [2.24, 2.45) is 5.92 Å². The van der Waals surface area contributed by atoms with E-state index in [1.165, 1.54) is 19.3 Å². The number of hydrogen-bond acceptors (Lipinski definition) is 2. The summed E-state index contributed by atoms with van der Waals surface area (Å²) in [5, 5.41) is 0. The van der Waals surface area contributed by atoms with Gasteiger partial charge in [-0.25, -0.2) is 0 Å². The molecule has 0 aliphatic heterocycles. The van der Waals surface area contributed by atoms with Crippen molar-refractivity contribution in [2.45, 2.75) is 19.3 Å². The third-order valence-corrected chi connectivity index (χ3v) is 3.26. The van der Waals surface area contributed by atoms with E-state index in [0.29, 0.717) is 11.6 Å². The average Bonchev–Trinajstić information content (AvgIpc) is 2.23. The zero-order valence-corrected chi connectivity index (χ0v) is 9.65. The van der Waals surface area contributed by atoms with Crippen molar-refractivity contribution in [1.29, 1.82) is 0 Å². The molecule has 16 heavy (non-hydrogen) atoms. The molecule has 2 N–H and O–H groups in total. The van der Waals surface area contributed by atoms with E-state index in [-0.39, 0.29) is 5.91 Å². The van der Waals surface area contributed by atoms with Gasteiger partial charge in [-0.05, 0) is 43.0 Å². The Labute approximate surface area is 96.2 Å². The van der Waals surface area contributed by atoms with Crippen LogP contribution >= 0.6 is 0 Å². The monoisotopic (exact) mass is 218 g/mol. The first-order valence-electron chi connectivity index (χ1n) is 5.78. The highest BCUT2D eigenvalue weighted by Gasteiger charge is 2.21. The van der Waals surface area contributed by atoms with Gasteiger partial charge in [0.05, 0.1) is 0 Å². The van der Waals surface area contributed by atoms with Gasteiger partial charge in [0.1, 0.15) is 0 Å². The first-order chi connectivity index (χ1) is 7.66. The minimum atomic E-state index is 0.0897. The van der Waals surface area contributed by atoms with Gasteiger partial charge >= 0.3 is 0 Å². The maximum atomic E-state index is 12.0. The smallest absolute Gasteiger partial charge is 0.253 e. The van der Waals surface area contributed by atoms with E-state index in [1.54, 1.807) is 24.3 Å². The summed E-state index contributed by atoms with van der Waals surface area (Å²) in [6, 6.07) is 7.11. The molecule has 0 saturated heterocycles. The summed E-state index contributed by atoms with van der Waals surface area (Å²) in [5.41, 5.74) is 7.00. The van der Waals surface area contributed by atoms with Gasteiger partial charge in [0.2, 0.25) is 0 Å². The van der Waals surface area contributed by atoms with Crippen LogP contribution in [-0.4, -0.2) is 24.4 Å². The molecule has 1 aromatic rings. The SMILES string of the molecule is CN(CC1CCC1)C(=O)c1ccc(N)cc1. The van der Waals surface area contributed by atoms with Crippen LogP contribution in [0.3, 0.4) is 0 Å². The van der Waals surface area contributed by atoms with Crippen LogP contribution in [0.4, 0.5) is 5.69 Å². The number of nitrogens with zero attached hydrogens (tertiary/aromatic N) is 1. The van der Waals surface area contributed by atoms with Gasteiger partial charge in [0.25, 0.3) is 5.91 Å². The maximum absolute atomic E-state index is 12.0. The first-order valence-corrected chi connectivity index (χ1v) is 5.78. The van der Waals surface area contributed by atoms with Gasteiger partial charge in [-0.15, -0.1) is 0 Å². The number of rotatable bonds is 3. The zero-order valence-electron chi connectivity index (χ0n) is 9.65. The number of amides is 1. The van der Waals surface area contributed by atoms with Gasteiger partial charge in [0, 0.05) is 24.8 Å². The molecule has 3 nitrogen and oxygen atoms in total. The largest absolute Gasteiger partial charge is 0.399 e. The van der Waals surface area contributed by atoms with Crippen LogP contribution in [-0.2, 0) is 0 Å². The lowest BCUT2D eigenvalue weighted by Gasteiger charge is -2.30. The fraction of sp³-hybridized carbons (Fsp3) is 0.462. The topological polar surface area (TPSA) is 46.3 Å². The van der Waals surface area contributed by atoms with E-state index >= 15 is 0 Å². The van der Waals surface area contributed by atoms with Crippen molar-refractivity contribution < 1.29 is 4.79 Å². The number of nitrogen functional groups attached to an aromatic ring is 1. The Morgan fingerprint density at radius 1 is 1.38 bits per heavy atom. The maximum Gasteiger partial charge on any atom is 0.253 e. The Morgan fingerprint density at radius 3 is 2.50 bits per heavy atom. The minimum Gasteiger partial charge on any atom is -0.399 e. The molecule has 1 aliphatic carbocycles. The molecular weight excluding hydrogens is 200 g/mol. The Kier molecular flexibility index (Phi) is 3.13. The Hall–Kier alpha value is -1.51. The van der Waals surface area contributed by atoms with E-state index in [0.717, 1.165) is 12.1 Å². The van der Waals surface area contributed by atoms with Crippen LogP contribution in [0.25, 0.3) is 0 Å². The van der Waals surface area contributed by atoms with Gasteiger partial charge in [-0.1, -0.05) is 6.42 Å². The highest BCUT2D eigenvalue weighted by Crippen LogP contribution is 2.27. The quantitative estimate of drug-likeness (QED) is 0.790. The number of hydrogen-bond donors (Lipinski definition) is 1. The normalized spacial score (nSPS) is 15.6. The van der Waals surface area contributed by atoms with Crippen LogP contribution in [0.2, 0.25) is 0 Å². The molecule has 1 aromatic carbocycles. The zero-order chi connectivity index (χ0) is 11.5. The van der Waals surface area contributed by atoms with Gasteiger partial charge in [-0.3, -0.25) is 4.79 Å². The summed E-state index contributed by atoms with van der Waals surface area (Å²) < 4.78 is 0. The van der Waals surface area contributed by atoms with Crippen molar-refractivity contribution in [1.82, 2.24) is 4.90 Å². The molecular formula is C13H18N2O. The molecule has 2 rings (SSSR count). The molecule has 0 bridgehead atoms. The molecule has 1 saturated carbocycles. The minimum absolute atomic E-state index is 0.0897. The summed E-state index contributed by atoms with van der Waals surface area (Å²) in [6.45, 7) is 0.878. The lowest BCUT2D eigenvalue weighted by molar-refractivity contribution is 0.0745. The molecule has 0 unspecified atom stereocenters. The van der Waals surface area contributed by atoms with Crippen LogP contribution in [0.1, 0.15) is 29.6 Å². The second-order valence-electron chi connectivity index (χ2n) is 4.60. The van der Waals surface area contributed by atoms with E-state index < -0.39 is 0 Å². The third kappa shape index (κ3) is 2.35. The number of benzene rings is 1. The lowest BCUT2D eigenvalue weighted by Crippen LogP contribution is -2.34. The fourth-order valence-corrected chi connectivity index (χ4v) is 1.99. The molecule has 3 heteroatoms. The Morgan fingerprint density at radius 2 is 2.00 bits per heavy atom. The second-order valence-corrected chi connectivity index (χ2v) is 4.60. The van der Waals surface area contributed by atoms with Crippen molar-refractivity contribution in [3.05, 3.63) is 29.8 Å². The molecule has 1 amide bonds. The standard InChI is InChI=1S/C13H18N2O/c1-15(9-10-3-2-4-10)13(16)11-5-7-12(14)8-6-11/h5-8,10H,2-4,9,14H2,1H3. The lowest BCUT2D eigenvalue weighted by atomic mass is 9.85. The van der Waals surface area contributed by atoms with Crippen molar-refractivity contribution >= 4 is 11.6 Å². The molecule has 0 spiro atoms. The molecule has 1 aliphatic rings. The predicted octanol–water partition coefficient (Wildman–Crippen LogP) is 2.14. The Balaban J connectivity index is 1.97. The molecule has 86 valence electrons. The molecule has 1 fully saturated rings. The van der Waals surface area contributed by atoms with Crippen LogP contribution in [0.5, 0.6) is 0 Å². The number of carbonyl (C=O) groups is 1. The highest BCUT2D eigenvalue weighted by molar-refractivity contribution is 5.94. The fourth-order valence-electron chi connectivity index (χ4n) is 1.99. The van der Waals surface area contributed by atoms with E-state index in [4.69, 9.17) is 5.73 Å². The molecule has 0 heterocycles. The highest BCUT2D eigenvalue weighted by atomic mass is 16.2. The summed E-state index contributed by atoms with van der Waals surface area (Å²) in [6.07, 6.45) is 3.84. The molecule has 0 radical (unpaired) electrons. The van der Waals surface area contributed by atoms with E-state index in [2.05, 4.69) is 0 Å². The van der Waals surface area contributed by atoms with Crippen molar-refractivity contribution in [3.63, 3.8) is 0 Å². The second kappa shape index (κ2) is 4.56. The first kappa shape index (κ1) is 11.0. The summed E-state index contributed by atoms with van der Waals surface area (Å²) in [4.78, 5) is 13.8. The summed E-state index contributed by atoms with van der Waals surface area (Å²) in [7, 11) is 1.87. The number of anilines is 1. The van der Waals surface area contributed by atoms with Crippen LogP contribution in [0, 0.1) is 5.92 Å². The van der Waals surface area contributed by atoms with E-state index in [1.807, 2.05) is 11.9 Å². The van der Waals surface area contributed by atoms with Crippen molar-refractivity contribution in [3.8, 4) is 0 Å². The average molecular weight is 218 g/mol. The molecule has 0 aromatic heterocycles. The summed E-state index contributed by atoms with van der Waals surface area (Å²) >= 11 is 0. The van der Waals surface area contributed by atoms with Gasteiger partial charge in [-0.2, -0.15) is 0 Å². The third-order valence-electron chi connectivity index (χ3n) is 3.26. The molecule has 0 atom stereocenters. The Bertz CT molecular complexity index is 368. The number of carbonyl (C=O) groups excluding carboxylic acids is 1. The van der Waals surface area contributed by atoms with Gasteiger partial charge in [0.15, 0.2) is 0 Å². The van der Waals surface area contributed by atoms with E-state index in [9.17, 15) is 4.79 Å². The van der Waals surface area contributed by atoms with Crippen LogP contribution in [0.15, 0.2) is 24.3 Å². The van der Waals surface area contributed by atoms with Crippen molar-refractivity contribution in [2.75, 3.05) is 19.3 Å². The summed E-state index contributed by atoms with van der Waals surface area (Å²) in [5.74, 6) is 0.801. The van der Waals surface area contributed by atoms with Gasteiger partial charge < -0.3 is 10.6 Å². The predicted molar refractivity (Wildman–Crippen MR) is 65.2 cm³/mol. The van der Waals surface area contributed by atoms with Crippen LogP contribution < -0.4 is 5.73 Å². The number of nitrogens with two attached hydrogens (primary N) is 1.